The van der Waals surface area contributed by atoms with E-state index in [1.54, 1.807) is 17.0 Å². The zero-order valence-corrected chi connectivity index (χ0v) is 18.0. The number of β-amino-alcohol motifs (C(OH)–C–C–N with tert-alkyl or cyclic N) is 1. The molecule has 172 valence electrons. The largest absolute Gasteiger partial charge is 0.508 e. The van der Waals surface area contributed by atoms with Gasteiger partial charge in [0.15, 0.2) is 0 Å². The van der Waals surface area contributed by atoms with Gasteiger partial charge in [-0.1, -0.05) is 36.4 Å². The molecule has 2 aromatic carbocycles. The minimum Gasteiger partial charge on any atom is -0.508 e. The molecule has 0 radical (unpaired) electrons. The number of likely N-dealkylation sites (tertiary alicyclic amines) is 1. The second-order valence-corrected chi connectivity index (χ2v) is 8.45. The van der Waals surface area contributed by atoms with Gasteiger partial charge in [-0.05, 0) is 42.6 Å². The molecule has 4 N–H and O–H groups in total. The summed E-state index contributed by atoms with van der Waals surface area (Å²) in [4.78, 5) is 25.2. The van der Waals surface area contributed by atoms with Crippen molar-refractivity contribution >= 4 is 12.4 Å². The highest BCUT2D eigenvalue weighted by atomic mass is 16.3. The van der Waals surface area contributed by atoms with Crippen LogP contribution in [-0.2, 0) is 4.79 Å². The smallest absolute Gasteiger partial charge is 0.290 e. The summed E-state index contributed by atoms with van der Waals surface area (Å²) in [5.74, 6) is 0.264. The van der Waals surface area contributed by atoms with Crippen LogP contribution in [-0.4, -0.2) is 88.5 Å². The fraction of sp³-hybridized carbons (Fsp3) is 0.417. The van der Waals surface area contributed by atoms with E-state index in [-0.39, 0.29) is 48.5 Å². The van der Waals surface area contributed by atoms with Crippen molar-refractivity contribution in [3.63, 3.8) is 0 Å². The van der Waals surface area contributed by atoms with Gasteiger partial charge in [0, 0.05) is 37.2 Å². The molecule has 32 heavy (non-hydrogen) atoms. The van der Waals surface area contributed by atoms with Crippen molar-refractivity contribution in [2.24, 2.45) is 11.3 Å². The summed E-state index contributed by atoms with van der Waals surface area (Å²) in [6.07, 6.45) is -0.610. The molecule has 4 rings (SSSR count). The number of nitrogens with zero attached hydrogens (tertiary/aromatic N) is 2. The Hall–Kier alpha value is -2.94. The molecule has 8 heteroatoms. The molecule has 1 amide bonds. The monoisotopic (exact) mass is 442 g/mol. The van der Waals surface area contributed by atoms with Gasteiger partial charge in [-0.2, -0.15) is 0 Å². The summed E-state index contributed by atoms with van der Waals surface area (Å²) < 4.78 is 0. The zero-order valence-electron chi connectivity index (χ0n) is 18.0. The van der Waals surface area contributed by atoms with E-state index in [2.05, 4.69) is 17.0 Å². The second kappa shape index (κ2) is 10.1. The van der Waals surface area contributed by atoms with Gasteiger partial charge < -0.3 is 30.2 Å². The minimum atomic E-state index is -0.610. The van der Waals surface area contributed by atoms with Crippen molar-refractivity contribution in [2.75, 3.05) is 39.8 Å². The van der Waals surface area contributed by atoms with E-state index in [9.17, 15) is 20.1 Å². The Labute approximate surface area is 187 Å². The van der Waals surface area contributed by atoms with Gasteiger partial charge >= 0.3 is 0 Å². The highest BCUT2D eigenvalue weighted by molar-refractivity contribution is 5.95. The maximum absolute atomic E-state index is 13.0. The molecule has 1 aliphatic carbocycles. The van der Waals surface area contributed by atoms with Crippen molar-refractivity contribution in [3.05, 3.63) is 65.7 Å². The Morgan fingerprint density at radius 2 is 1.91 bits per heavy atom. The van der Waals surface area contributed by atoms with Crippen LogP contribution in [0.25, 0.3) is 0 Å². The molecule has 0 bridgehead atoms. The van der Waals surface area contributed by atoms with Crippen LogP contribution in [0.1, 0.15) is 21.8 Å². The first-order valence-electron chi connectivity index (χ1n) is 10.6. The molecule has 2 aromatic rings. The van der Waals surface area contributed by atoms with E-state index >= 15 is 0 Å². The highest BCUT2D eigenvalue weighted by Gasteiger charge is 2.71. The quantitative estimate of drug-likeness (QED) is 0.497. The van der Waals surface area contributed by atoms with Gasteiger partial charge in [0.25, 0.3) is 12.4 Å². The second-order valence-electron chi connectivity index (χ2n) is 8.45. The molecule has 0 aromatic heterocycles. The number of carboxylic acid groups (broad SMARTS) is 1. The molecular weight excluding hydrogens is 412 g/mol. The van der Waals surface area contributed by atoms with Crippen LogP contribution >= 0.6 is 0 Å². The molecule has 1 saturated heterocycles. The first-order chi connectivity index (χ1) is 15.4. The molecule has 2 aliphatic rings. The number of aliphatic hydroxyl groups is 2. The van der Waals surface area contributed by atoms with Gasteiger partial charge in [0.1, 0.15) is 5.75 Å². The van der Waals surface area contributed by atoms with Crippen molar-refractivity contribution in [3.8, 4) is 5.75 Å². The van der Waals surface area contributed by atoms with Crippen LogP contribution in [0.3, 0.4) is 0 Å². The molecule has 0 unspecified atom stereocenters. The maximum atomic E-state index is 13.0. The fourth-order valence-electron chi connectivity index (χ4n) is 5.14. The number of benzene rings is 2. The number of hydrogen-bond acceptors (Lipinski definition) is 6. The molecule has 1 spiro atoms. The van der Waals surface area contributed by atoms with E-state index in [1.807, 2.05) is 25.2 Å². The van der Waals surface area contributed by atoms with Gasteiger partial charge in [0.2, 0.25) is 0 Å². The molecule has 1 heterocycles. The van der Waals surface area contributed by atoms with Crippen molar-refractivity contribution in [2.45, 2.75) is 12.0 Å². The third-order valence-corrected chi connectivity index (χ3v) is 6.57. The Morgan fingerprint density at radius 3 is 2.53 bits per heavy atom. The van der Waals surface area contributed by atoms with Gasteiger partial charge in [-0.3, -0.25) is 9.59 Å². The normalized spacial score (nSPS) is 26.0. The molecular formula is C24H30N2O6. The number of phenolic OH excluding ortho intramolecular Hbond substituents is 1. The number of carbonyl (C=O) groups is 2. The summed E-state index contributed by atoms with van der Waals surface area (Å²) in [6.45, 7) is 1.95. The van der Waals surface area contributed by atoms with Crippen molar-refractivity contribution in [1.82, 2.24) is 9.80 Å². The van der Waals surface area contributed by atoms with Crippen molar-refractivity contribution < 1.29 is 30.0 Å². The zero-order chi connectivity index (χ0) is 23.3. The lowest BCUT2D eigenvalue weighted by Crippen LogP contribution is -2.30. The summed E-state index contributed by atoms with van der Waals surface area (Å²) in [5, 5.41) is 36.9. The van der Waals surface area contributed by atoms with Crippen LogP contribution in [0.5, 0.6) is 5.75 Å². The molecule has 1 aliphatic heterocycles. The highest BCUT2D eigenvalue weighted by Crippen LogP contribution is 2.69. The SMILES string of the molecule is CN(CCO)C[C@@H]1[C@@H](c2ccccc2)[C@]12CN(C(=O)c1cccc(O)c1)C[C@@H]2O.O=CO. The third kappa shape index (κ3) is 4.62. The third-order valence-electron chi connectivity index (χ3n) is 6.57. The summed E-state index contributed by atoms with van der Waals surface area (Å²) in [7, 11) is 1.97. The Kier molecular flexibility index (Phi) is 7.50. The van der Waals surface area contributed by atoms with Gasteiger partial charge in [0.05, 0.1) is 12.7 Å². The van der Waals surface area contributed by atoms with E-state index in [0.717, 1.165) is 6.54 Å². The maximum Gasteiger partial charge on any atom is 0.290 e. The van der Waals surface area contributed by atoms with Crippen molar-refractivity contribution in [1.29, 1.82) is 0 Å². The van der Waals surface area contributed by atoms with Gasteiger partial charge in [-0.25, -0.2) is 0 Å². The number of aromatic hydroxyl groups is 1. The van der Waals surface area contributed by atoms with Crippen LogP contribution in [0.15, 0.2) is 54.6 Å². The van der Waals surface area contributed by atoms with E-state index in [1.165, 1.54) is 17.7 Å². The predicted molar refractivity (Wildman–Crippen MR) is 118 cm³/mol. The lowest BCUT2D eigenvalue weighted by molar-refractivity contribution is -0.122. The first-order valence-corrected chi connectivity index (χ1v) is 10.6. The Bertz CT molecular complexity index is 924. The fourth-order valence-corrected chi connectivity index (χ4v) is 5.14. The van der Waals surface area contributed by atoms with Crippen LogP contribution < -0.4 is 0 Å². The Balaban J connectivity index is 0.000000913. The molecule has 2 fully saturated rings. The number of carbonyl (C=O) groups excluding carboxylic acids is 1. The number of rotatable bonds is 6. The lowest BCUT2D eigenvalue weighted by Gasteiger charge is -2.19. The number of aliphatic hydroxyl groups excluding tert-OH is 2. The van der Waals surface area contributed by atoms with Gasteiger partial charge in [-0.15, -0.1) is 0 Å². The standard InChI is InChI=1S/C23H28N2O4.CH2O2/c1-24(10-11-26)13-19-21(16-6-3-2-4-7-16)23(19)15-25(14-20(23)28)22(29)17-8-5-9-18(27)12-17;2-1-3/h2-9,12,19-21,26-28H,10-11,13-15H2,1H3;1H,(H,2,3)/t19-,20+,21-,23-;/m1./s1. The lowest BCUT2D eigenvalue weighted by atomic mass is 9.95. The molecule has 4 atom stereocenters. The first kappa shape index (κ1) is 23.7. The number of hydrogen-bond donors (Lipinski definition) is 4. The van der Waals surface area contributed by atoms with E-state index < -0.39 is 6.10 Å². The van der Waals surface area contributed by atoms with Crippen LogP contribution in [0.4, 0.5) is 0 Å². The van der Waals surface area contributed by atoms with Crippen LogP contribution in [0, 0.1) is 11.3 Å². The number of amides is 1. The van der Waals surface area contributed by atoms with E-state index in [0.29, 0.717) is 18.7 Å². The topological polar surface area (TPSA) is 122 Å². The number of likely N-dealkylation sites (N-methyl/N-ethyl adjacent to an activating group) is 1. The average Bonchev–Trinajstić information content (AvgIpc) is 3.26. The number of phenols is 1. The van der Waals surface area contributed by atoms with E-state index in [4.69, 9.17) is 9.90 Å². The molecule has 1 saturated carbocycles. The summed E-state index contributed by atoms with van der Waals surface area (Å²) in [6, 6.07) is 16.5. The Morgan fingerprint density at radius 1 is 1.22 bits per heavy atom. The predicted octanol–water partition coefficient (Wildman–Crippen LogP) is 1.23. The summed E-state index contributed by atoms with van der Waals surface area (Å²) >= 11 is 0. The van der Waals surface area contributed by atoms with Crippen LogP contribution in [0.2, 0.25) is 0 Å². The minimum absolute atomic E-state index is 0.0578. The average molecular weight is 443 g/mol. The summed E-state index contributed by atoms with van der Waals surface area (Å²) in [5.41, 5.74) is 1.23. The molecule has 8 nitrogen and oxygen atoms in total.